The molecule has 2 amide bonds. The quantitative estimate of drug-likeness (QED) is 0.170. The molecule has 222 valence electrons. The Bertz CT molecular complexity index is 1380. The van der Waals surface area contributed by atoms with Gasteiger partial charge in [0.2, 0.25) is 11.8 Å². The predicted molar refractivity (Wildman–Crippen MR) is 161 cm³/mol. The average molecular weight is 573 g/mol. The van der Waals surface area contributed by atoms with Crippen molar-refractivity contribution in [3.8, 4) is 11.5 Å². The van der Waals surface area contributed by atoms with Gasteiger partial charge in [-0.2, -0.15) is 0 Å². The van der Waals surface area contributed by atoms with E-state index in [1.807, 2.05) is 36.4 Å². The number of amides is 2. The zero-order valence-electron chi connectivity index (χ0n) is 24.5. The first-order chi connectivity index (χ1) is 20.2. The second-order valence-electron chi connectivity index (χ2n) is 11.8. The number of para-hydroxylation sites is 1. The maximum absolute atomic E-state index is 13.9. The number of fused-ring (bicyclic) bond motifs is 3. The van der Waals surface area contributed by atoms with E-state index in [1.165, 1.54) is 16.0 Å². The number of imide groups is 1. The molecule has 0 radical (unpaired) electrons. The number of anilines is 1. The van der Waals surface area contributed by atoms with Crippen LogP contribution in [0.3, 0.4) is 0 Å². The Balaban J connectivity index is 1.31. The number of hydrogen-bond acceptors (Lipinski definition) is 7. The first-order valence-corrected chi connectivity index (χ1v) is 14.8. The van der Waals surface area contributed by atoms with E-state index in [4.69, 9.17) is 9.57 Å². The third kappa shape index (κ3) is 6.35. The van der Waals surface area contributed by atoms with E-state index in [2.05, 4.69) is 32.0 Å². The Morgan fingerprint density at radius 2 is 1.69 bits per heavy atom. The molecule has 2 aromatic carbocycles. The van der Waals surface area contributed by atoms with Gasteiger partial charge in [0.05, 0.1) is 35.4 Å². The summed E-state index contributed by atoms with van der Waals surface area (Å²) in [6.45, 7) is 6.53. The number of rotatable bonds is 9. The number of oxime groups is 1. The highest BCUT2D eigenvalue weighted by Gasteiger charge is 2.60. The molecule has 8 nitrogen and oxygen atoms in total. The van der Waals surface area contributed by atoms with Crippen molar-refractivity contribution in [2.45, 2.75) is 65.1 Å². The molecule has 8 heteroatoms. The number of aliphatic hydroxyl groups excluding tert-OH is 2. The van der Waals surface area contributed by atoms with Gasteiger partial charge in [0.25, 0.3) is 0 Å². The van der Waals surface area contributed by atoms with Gasteiger partial charge in [-0.25, -0.2) is 4.90 Å². The fraction of sp³-hybridized carbons (Fsp3) is 0.441. The van der Waals surface area contributed by atoms with Gasteiger partial charge in [0, 0.05) is 24.3 Å². The second-order valence-corrected chi connectivity index (χ2v) is 11.8. The molecule has 0 spiro atoms. The largest absolute Gasteiger partial charge is 0.457 e. The van der Waals surface area contributed by atoms with Crippen LogP contribution in [0.4, 0.5) is 5.69 Å². The molecule has 0 unspecified atom stereocenters. The summed E-state index contributed by atoms with van der Waals surface area (Å²) in [4.78, 5) is 34.4. The fourth-order valence-electron chi connectivity index (χ4n) is 6.53. The lowest BCUT2D eigenvalue weighted by Crippen LogP contribution is -2.54. The summed E-state index contributed by atoms with van der Waals surface area (Å²) in [7, 11) is 0. The third-order valence-corrected chi connectivity index (χ3v) is 8.61. The van der Waals surface area contributed by atoms with Crippen molar-refractivity contribution in [2.24, 2.45) is 28.8 Å². The van der Waals surface area contributed by atoms with Crippen LogP contribution >= 0.6 is 0 Å². The average Bonchev–Trinajstić information content (AvgIpc) is 3.23. The van der Waals surface area contributed by atoms with Crippen LogP contribution in [0.25, 0.3) is 0 Å². The predicted octanol–water partition coefficient (Wildman–Crippen LogP) is 5.80. The Labute approximate surface area is 247 Å². The van der Waals surface area contributed by atoms with E-state index in [0.29, 0.717) is 42.3 Å². The summed E-state index contributed by atoms with van der Waals surface area (Å²) in [6.07, 6.45) is 5.15. The normalized spacial score (nSPS) is 28.4. The van der Waals surface area contributed by atoms with Crippen molar-refractivity contribution >= 4 is 23.2 Å². The maximum Gasteiger partial charge on any atom is 0.238 e. The van der Waals surface area contributed by atoms with E-state index in [9.17, 15) is 19.8 Å². The minimum absolute atomic E-state index is 0.174. The summed E-state index contributed by atoms with van der Waals surface area (Å²) < 4.78 is 5.93. The number of carbonyl (C=O) groups excluding carboxylic acids is 2. The standard InChI is InChI=1S/C34H40N2O6/c1-21(2)9-7-10-22(3)17-18-41-35-28-20-29(37)32(38)30-26(28)15-16-27-31(30)34(40)36(33(27)39)23-11-8-14-25(19-23)42-24-12-5-4-6-13-24/h4-6,8-9,11-14,17,19,26-27,29-32,37-38H,7,10,15-16,18,20H2,1-3H3/t26-,27+,29+,30-,31+,32+/m0/s1. The van der Waals surface area contributed by atoms with E-state index < -0.39 is 30.0 Å². The number of aliphatic hydroxyl groups is 2. The molecule has 0 bridgehead atoms. The molecule has 1 heterocycles. The number of ether oxygens (including phenoxy) is 1. The van der Waals surface area contributed by atoms with Crippen LogP contribution in [-0.2, 0) is 14.4 Å². The first kappa shape index (κ1) is 29.7. The lowest BCUT2D eigenvalue weighted by molar-refractivity contribution is -0.132. The van der Waals surface area contributed by atoms with Crippen molar-refractivity contribution in [3.05, 3.63) is 77.9 Å². The minimum atomic E-state index is -1.14. The Kier molecular flexibility index (Phi) is 9.24. The zero-order valence-corrected chi connectivity index (χ0v) is 24.5. The maximum atomic E-state index is 13.9. The Hall–Kier alpha value is -3.75. The van der Waals surface area contributed by atoms with Crippen LogP contribution in [0, 0.1) is 23.7 Å². The van der Waals surface area contributed by atoms with Crippen LogP contribution in [0.5, 0.6) is 11.5 Å². The minimum Gasteiger partial charge on any atom is -0.457 e. The van der Waals surface area contributed by atoms with Crippen LogP contribution in [0.1, 0.15) is 52.9 Å². The molecule has 6 atom stereocenters. The second kappa shape index (κ2) is 13.0. The van der Waals surface area contributed by atoms with Crippen molar-refractivity contribution < 1.29 is 29.4 Å². The number of nitrogens with zero attached hydrogens (tertiary/aromatic N) is 2. The van der Waals surface area contributed by atoms with E-state index >= 15 is 0 Å². The van der Waals surface area contributed by atoms with Gasteiger partial charge in [-0.05, 0) is 76.8 Å². The van der Waals surface area contributed by atoms with E-state index in [1.54, 1.807) is 24.3 Å². The van der Waals surface area contributed by atoms with Gasteiger partial charge >= 0.3 is 0 Å². The summed E-state index contributed by atoms with van der Waals surface area (Å²) in [5, 5.41) is 26.3. The number of hydrogen-bond donors (Lipinski definition) is 2. The smallest absolute Gasteiger partial charge is 0.238 e. The van der Waals surface area contributed by atoms with Crippen LogP contribution < -0.4 is 9.64 Å². The molecule has 0 aromatic heterocycles. The number of benzene rings is 2. The number of carbonyl (C=O) groups is 2. The highest BCUT2D eigenvalue weighted by atomic mass is 16.6. The monoisotopic (exact) mass is 572 g/mol. The van der Waals surface area contributed by atoms with Gasteiger partial charge in [-0.1, -0.05) is 46.6 Å². The fourth-order valence-corrected chi connectivity index (χ4v) is 6.53. The number of allylic oxidation sites excluding steroid dienone is 3. The molecule has 2 saturated carbocycles. The van der Waals surface area contributed by atoms with Gasteiger partial charge in [0.15, 0.2) is 0 Å². The zero-order chi connectivity index (χ0) is 29.8. The lowest BCUT2D eigenvalue weighted by atomic mass is 9.60. The van der Waals surface area contributed by atoms with Gasteiger partial charge in [-0.15, -0.1) is 0 Å². The highest BCUT2D eigenvalue weighted by molar-refractivity contribution is 6.22. The molecule has 2 aliphatic carbocycles. The van der Waals surface area contributed by atoms with Crippen LogP contribution in [0.2, 0.25) is 0 Å². The van der Waals surface area contributed by atoms with Gasteiger partial charge in [0.1, 0.15) is 18.1 Å². The molecule has 1 saturated heterocycles. The lowest BCUT2D eigenvalue weighted by Gasteiger charge is -2.45. The Morgan fingerprint density at radius 3 is 2.45 bits per heavy atom. The van der Waals surface area contributed by atoms with Crippen LogP contribution in [0.15, 0.2) is 83.1 Å². The highest BCUT2D eigenvalue weighted by Crippen LogP contribution is 2.50. The molecule has 2 aromatic rings. The first-order valence-electron chi connectivity index (χ1n) is 14.8. The summed E-state index contributed by atoms with van der Waals surface area (Å²) >= 11 is 0. The topological polar surface area (TPSA) is 109 Å². The SMILES string of the molecule is CC(C)=CCCC(C)=CCON=C1C[C@@H](O)[C@@H](O)[C@@H]2[C@@H]3C(=O)N(c4cccc(Oc5ccccc5)c4)C(=O)[C@@H]3CC[C@@H]12. The van der Waals surface area contributed by atoms with Crippen molar-refractivity contribution in [1.82, 2.24) is 0 Å². The molecule has 3 aliphatic rings. The molecule has 2 N–H and O–H groups in total. The summed E-state index contributed by atoms with van der Waals surface area (Å²) in [6, 6.07) is 16.2. The van der Waals surface area contributed by atoms with Gasteiger partial charge in [-0.3, -0.25) is 9.59 Å². The van der Waals surface area contributed by atoms with Crippen molar-refractivity contribution in [1.29, 1.82) is 0 Å². The van der Waals surface area contributed by atoms with E-state index in [0.717, 1.165) is 12.8 Å². The van der Waals surface area contributed by atoms with Gasteiger partial charge < -0.3 is 19.8 Å². The van der Waals surface area contributed by atoms with Crippen molar-refractivity contribution in [3.63, 3.8) is 0 Å². The summed E-state index contributed by atoms with van der Waals surface area (Å²) in [5.41, 5.74) is 3.57. The molecular formula is C34H40N2O6. The van der Waals surface area contributed by atoms with E-state index in [-0.39, 0.29) is 24.2 Å². The molecular weight excluding hydrogens is 532 g/mol. The molecule has 3 fully saturated rings. The van der Waals surface area contributed by atoms with Crippen LogP contribution in [-0.4, -0.2) is 46.6 Å². The van der Waals surface area contributed by atoms with Crippen molar-refractivity contribution in [2.75, 3.05) is 11.5 Å². The third-order valence-electron chi connectivity index (χ3n) is 8.61. The Morgan fingerprint density at radius 1 is 0.952 bits per heavy atom. The molecule has 42 heavy (non-hydrogen) atoms. The summed E-state index contributed by atoms with van der Waals surface area (Å²) in [5.74, 6) is -1.68. The molecule has 1 aliphatic heterocycles. The molecule has 5 rings (SSSR count).